The quantitative estimate of drug-likeness (QED) is 0.629. The molecule has 0 aliphatic carbocycles. The predicted octanol–water partition coefficient (Wildman–Crippen LogP) is 0.243. The van der Waals surface area contributed by atoms with Crippen LogP contribution in [-0.4, -0.2) is 50.9 Å². The van der Waals surface area contributed by atoms with Crippen LogP contribution < -0.4 is 10.5 Å². The van der Waals surface area contributed by atoms with Crippen molar-refractivity contribution in [2.24, 2.45) is 5.73 Å². The highest BCUT2D eigenvalue weighted by atomic mass is 32.2. The Balaban J connectivity index is 4.30. The second-order valence-corrected chi connectivity index (χ2v) is 6.37. The first-order chi connectivity index (χ1) is 7.47. The number of nitrogens with zero attached hydrogens (tertiary/aromatic N) is 1. The Hall–Kier alpha value is 0.180. The van der Waals surface area contributed by atoms with Gasteiger partial charge in [-0.3, -0.25) is 0 Å². The normalized spacial score (nSPS) is 14.3. The van der Waals surface area contributed by atoms with Crippen LogP contribution in [0.3, 0.4) is 0 Å². The first kappa shape index (κ1) is 16.2. The summed E-state index contributed by atoms with van der Waals surface area (Å²) in [6, 6.07) is 0.000302. The molecule has 0 fully saturated rings. The van der Waals surface area contributed by atoms with Gasteiger partial charge in [-0.05, 0) is 25.6 Å². The Bertz CT molecular complexity index is 270. The SMILES string of the molecule is CCC(CSC)NS(=O)(=O)N(C)CCCN. The number of hydrogen-bond acceptors (Lipinski definition) is 4. The fraction of sp³-hybridized carbons (Fsp3) is 1.00. The van der Waals surface area contributed by atoms with E-state index in [1.807, 2.05) is 13.2 Å². The number of hydrogen-bond donors (Lipinski definition) is 2. The topological polar surface area (TPSA) is 75.4 Å². The number of nitrogens with two attached hydrogens (primary N) is 1. The summed E-state index contributed by atoms with van der Waals surface area (Å²) in [6.45, 7) is 2.94. The van der Waals surface area contributed by atoms with Crippen molar-refractivity contribution >= 4 is 22.0 Å². The summed E-state index contributed by atoms with van der Waals surface area (Å²) in [6.07, 6.45) is 3.44. The summed E-state index contributed by atoms with van der Waals surface area (Å²) < 4.78 is 27.7. The lowest BCUT2D eigenvalue weighted by Gasteiger charge is -2.21. The van der Waals surface area contributed by atoms with Crippen molar-refractivity contribution in [2.45, 2.75) is 25.8 Å². The van der Waals surface area contributed by atoms with Crippen molar-refractivity contribution in [1.82, 2.24) is 9.03 Å². The van der Waals surface area contributed by atoms with Gasteiger partial charge in [0, 0.05) is 25.4 Å². The zero-order valence-corrected chi connectivity index (χ0v) is 11.9. The average Bonchev–Trinajstić information content (AvgIpc) is 2.24. The molecule has 7 heteroatoms. The van der Waals surface area contributed by atoms with E-state index in [4.69, 9.17) is 5.73 Å². The van der Waals surface area contributed by atoms with E-state index in [1.165, 1.54) is 4.31 Å². The Morgan fingerprint density at radius 3 is 2.56 bits per heavy atom. The standard InChI is InChI=1S/C9H23N3O2S2/c1-4-9(8-15-3)11-16(13,14)12(2)7-5-6-10/h9,11H,4-8,10H2,1-3H3. The van der Waals surface area contributed by atoms with E-state index in [2.05, 4.69) is 4.72 Å². The summed E-state index contributed by atoms with van der Waals surface area (Å²) in [7, 11) is -1.78. The van der Waals surface area contributed by atoms with Crippen LogP contribution in [0.2, 0.25) is 0 Å². The molecule has 0 heterocycles. The van der Waals surface area contributed by atoms with Gasteiger partial charge in [-0.1, -0.05) is 6.92 Å². The summed E-state index contributed by atoms with van der Waals surface area (Å²) in [5.74, 6) is 0.792. The van der Waals surface area contributed by atoms with Gasteiger partial charge in [-0.2, -0.15) is 29.2 Å². The summed E-state index contributed by atoms with van der Waals surface area (Å²) in [4.78, 5) is 0. The highest BCUT2D eigenvalue weighted by Gasteiger charge is 2.20. The van der Waals surface area contributed by atoms with Crippen LogP contribution in [0.4, 0.5) is 0 Å². The molecule has 5 nitrogen and oxygen atoms in total. The lowest BCUT2D eigenvalue weighted by molar-refractivity contribution is 0.444. The minimum Gasteiger partial charge on any atom is -0.330 e. The van der Waals surface area contributed by atoms with Crippen LogP contribution in [0.1, 0.15) is 19.8 Å². The molecule has 0 radical (unpaired) electrons. The molecule has 0 aromatic heterocycles. The lowest BCUT2D eigenvalue weighted by Crippen LogP contribution is -2.45. The molecule has 0 aliphatic rings. The minimum absolute atomic E-state index is 0.000302. The van der Waals surface area contributed by atoms with Gasteiger partial charge in [-0.15, -0.1) is 0 Å². The van der Waals surface area contributed by atoms with Crippen molar-refractivity contribution in [2.75, 3.05) is 32.1 Å². The molecule has 16 heavy (non-hydrogen) atoms. The fourth-order valence-electron chi connectivity index (χ4n) is 1.17. The molecule has 0 aliphatic heterocycles. The number of rotatable bonds is 9. The summed E-state index contributed by atoms with van der Waals surface area (Å²) >= 11 is 1.64. The van der Waals surface area contributed by atoms with Crippen molar-refractivity contribution in [1.29, 1.82) is 0 Å². The van der Waals surface area contributed by atoms with Crippen molar-refractivity contribution in [3.63, 3.8) is 0 Å². The maximum Gasteiger partial charge on any atom is 0.279 e. The molecule has 3 N–H and O–H groups in total. The first-order valence-electron chi connectivity index (χ1n) is 5.40. The molecule has 1 unspecified atom stereocenters. The fourth-order valence-corrected chi connectivity index (χ4v) is 3.22. The lowest BCUT2D eigenvalue weighted by atomic mass is 10.3. The molecule has 98 valence electrons. The Labute approximate surface area is 103 Å². The van der Waals surface area contributed by atoms with Crippen molar-refractivity contribution in [3.05, 3.63) is 0 Å². The van der Waals surface area contributed by atoms with Gasteiger partial charge in [0.1, 0.15) is 0 Å². The van der Waals surface area contributed by atoms with Gasteiger partial charge < -0.3 is 5.73 Å². The summed E-state index contributed by atoms with van der Waals surface area (Å²) in [5.41, 5.74) is 5.35. The molecule has 1 atom stereocenters. The number of nitrogens with one attached hydrogen (secondary N) is 1. The van der Waals surface area contributed by atoms with Crippen LogP contribution in [-0.2, 0) is 10.2 Å². The van der Waals surface area contributed by atoms with Crippen LogP contribution in [0.25, 0.3) is 0 Å². The molecule has 0 saturated heterocycles. The van der Waals surface area contributed by atoms with E-state index in [1.54, 1.807) is 18.8 Å². The molecular weight excluding hydrogens is 246 g/mol. The molecular formula is C9H23N3O2S2. The first-order valence-corrected chi connectivity index (χ1v) is 8.23. The van der Waals surface area contributed by atoms with E-state index in [9.17, 15) is 8.42 Å². The number of thioether (sulfide) groups is 1. The molecule has 0 amide bonds. The van der Waals surface area contributed by atoms with Gasteiger partial charge in [0.2, 0.25) is 0 Å². The predicted molar refractivity (Wildman–Crippen MR) is 70.8 cm³/mol. The maximum absolute atomic E-state index is 11.8. The van der Waals surface area contributed by atoms with Crippen molar-refractivity contribution < 1.29 is 8.42 Å². The maximum atomic E-state index is 11.8. The zero-order chi connectivity index (χ0) is 12.6. The molecule has 0 spiro atoms. The zero-order valence-electron chi connectivity index (χ0n) is 10.3. The highest BCUT2D eigenvalue weighted by Crippen LogP contribution is 2.05. The average molecular weight is 269 g/mol. The highest BCUT2D eigenvalue weighted by molar-refractivity contribution is 7.98. The van der Waals surface area contributed by atoms with E-state index in [0.29, 0.717) is 19.5 Å². The third-order valence-corrected chi connectivity index (χ3v) is 4.63. The molecule has 0 bridgehead atoms. The van der Waals surface area contributed by atoms with Gasteiger partial charge in [0.25, 0.3) is 10.2 Å². The van der Waals surface area contributed by atoms with Gasteiger partial charge >= 0.3 is 0 Å². The van der Waals surface area contributed by atoms with Gasteiger partial charge in [-0.25, -0.2) is 0 Å². The Kier molecular flexibility index (Phi) is 8.39. The van der Waals surface area contributed by atoms with Crippen LogP contribution in [0.15, 0.2) is 0 Å². The summed E-state index contributed by atoms with van der Waals surface area (Å²) in [5, 5.41) is 0. The molecule has 0 saturated carbocycles. The second-order valence-electron chi connectivity index (χ2n) is 3.65. The van der Waals surface area contributed by atoms with E-state index in [0.717, 1.165) is 12.2 Å². The molecule has 0 rings (SSSR count). The van der Waals surface area contributed by atoms with E-state index >= 15 is 0 Å². The van der Waals surface area contributed by atoms with Crippen LogP contribution in [0, 0.1) is 0 Å². The second kappa shape index (κ2) is 8.30. The Morgan fingerprint density at radius 2 is 2.12 bits per heavy atom. The van der Waals surface area contributed by atoms with Crippen LogP contribution >= 0.6 is 11.8 Å². The molecule has 0 aromatic carbocycles. The Morgan fingerprint density at radius 1 is 1.50 bits per heavy atom. The van der Waals surface area contributed by atoms with Gasteiger partial charge in [0.05, 0.1) is 0 Å². The smallest absolute Gasteiger partial charge is 0.279 e. The van der Waals surface area contributed by atoms with E-state index in [-0.39, 0.29) is 6.04 Å². The minimum atomic E-state index is -3.35. The monoisotopic (exact) mass is 269 g/mol. The van der Waals surface area contributed by atoms with Crippen molar-refractivity contribution in [3.8, 4) is 0 Å². The third kappa shape index (κ3) is 6.05. The largest absolute Gasteiger partial charge is 0.330 e. The third-order valence-electron chi connectivity index (χ3n) is 2.26. The molecule has 0 aromatic rings. The van der Waals surface area contributed by atoms with Gasteiger partial charge in [0.15, 0.2) is 0 Å². The van der Waals surface area contributed by atoms with Crippen LogP contribution in [0.5, 0.6) is 0 Å². The van der Waals surface area contributed by atoms with E-state index < -0.39 is 10.2 Å².